The summed E-state index contributed by atoms with van der Waals surface area (Å²) in [5, 5.41) is 20.0. The second kappa shape index (κ2) is 6.23. The molecule has 0 spiro atoms. The molecule has 23 heavy (non-hydrogen) atoms. The lowest BCUT2D eigenvalue weighted by molar-refractivity contribution is -0.384. The molecule has 0 atom stereocenters. The van der Waals surface area contributed by atoms with Crippen molar-refractivity contribution in [3.8, 4) is 0 Å². The highest BCUT2D eigenvalue weighted by atomic mass is 19.4. The number of benzene rings is 1. The number of hydrogen-bond acceptors (Lipinski definition) is 4. The fourth-order valence-electron chi connectivity index (χ4n) is 1.73. The molecule has 0 aromatic heterocycles. The van der Waals surface area contributed by atoms with E-state index in [1.165, 1.54) is 12.1 Å². The van der Waals surface area contributed by atoms with Crippen LogP contribution in [0.4, 0.5) is 24.5 Å². The van der Waals surface area contributed by atoms with Gasteiger partial charge in [0.25, 0.3) is 5.69 Å². The minimum absolute atomic E-state index is 0.0756. The number of nitro benzene ring substituents is 1. The van der Waals surface area contributed by atoms with E-state index in [1.54, 1.807) is 0 Å². The molecule has 1 amide bonds. The molecule has 1 rings (SSSR count). The molecule has 1 N–H and O–H groups in total. The summed E-state index contributed by atoms with van der Waals surface area (Å²) in [4.78, 5) is 32.9. The first kappa shape index (κ1) is 18.4. The van der Waals surface area contributed by atoms with Crippen LogP contribution in [0, 0.1) is 15.5 Å². The Labute approximate surface area is 128 Å². The van der Waals surface area contributed by atoms with Gasteiger partial charge in [0.2, 0.25) is 0 Å². The van der Waals surface area contributed by atoms with Crippen molar-refractivity contribution in [1.29, 1.82) is 0 Å². The van der Waals surface area contributed by atoms with E-state index in [1.807, 2.05) is 0 Å². The lowest BCUT2D eigenvalue weighted by Gasteiger charge is -2.30. The van der Waals surface area contributed by atoms with Crippen LogP contribution in [0.5, 0.6) is 0 Å². The first-order valence-corrected chi connectivity index (χ1v) is 6.23. The van der Waals surface area contributed by atoms with Crippen molar-refractivity contribution in [2.45, 2.75) is 20.0 Å². The molecule has 0 radical (unpaired) electrons. The number of alkyl halides is 3. The van der Waals surface area contributed by atoms with Gasteiger partial charge in [-0.3, -0.25) is 24.6 Å². The van der Waals surface area contributed by atoms with Crippen molar-refractivity contribution in [3.05, 3.63) is 34.4 Å². The van der Waals surface area contributed by atoms with Crippen molar-refractivity contribution in [1.82, 2.24) is 0 Å². The Balaban J connectivity index is 3.45. The van der Waals surface area contributed by atoms with Crippen LogP contribution in [0.25, 0.3) is 0 Å². The number of nitro groups is 1. The zero-order valence-corrected chi connectivity index (χ0v) is 12.1. The summed E-state index contributed by atoms with van der Waals surface area (Å²) in [6, 6.07) is 4.33. The second-order valence-corrected chi connectivity index (χ2v) is 5.32. The number of carbonyl (C=O) groups is 2. The van der Waals surface area contributed by atoms with E-state index in [0.29, 0.717) is 0 Å². The number of nitrogens with zero attached hydrogens (tertiary/aromatic N) is 2. The van der Waals surface area contributed by atoms with E-state index in [4.69, 9.17) is 5.11 Å². The van der Waals surface area contributed by atoms with Gasteiger partial charge < -0.3 is 5.11 Å². The Bertz CT molecular complexity index is 643. The maximum atomic E-state index is 12.8. The van der Waals surface area contributed by atoms with Gasteiger partial charge in [-0.05, 0) is 19.9 Å². The van der Waals surface area contributed by atoms with E-state index in [0.717, 1.165) is 26.0 Å². The Morgan fingerprint density at radius 3 is 2.22 bits per heavy atom. The number of aliphatic carboxylic acids is 1. The first-order chi connectivity index (χ1) is 10.4. The summed E-state index contributed by atoms with van der Waals surface area (Å²) >= 11 is 0. The normalized spacial score (nSPS) is 11.9. The number of amides is 1. The van der Waals surface area contributed by atoms with E-state index in [9.17, 15) is 32.9 Å². The monoisotopic (exact) mass is 334 g/mol. The number of rotatable bonds is 5. The average molecular weight is 334 g/mol. The molecule has 1 aromatic rings. The average Bonchev–Trinajstić information content (AvgIpc) is 2.42. The van der Waals surface area contributed by atoms with Crippen LogP contribution in [-0.4, -0.2) is 34.6 Å². The molecule has 0 heterocycles. The van der Waals surface area contributed by atoms with Gasteiger partial charge in [-0.2, -0.15) is 13.2 Å². The fraction of sp³-hybridized carbons (Fsp3) is 0.385. The molecular weight excluding hydrogens is 321 g/mol. The van der Waals surface area contributed by atoms with Crippen LogP contribution in [0.2, 0.25) is 0 Å². The van der Waals surface area contributed by atoms with Crippen molar-refractivity contribution in [3.63, 3.8) is 0 Å². The maximum absolute atomic E-state index is 12.8. The second-order valence-electron chi connectivity index (χ2n) is 5.32. The summed E-state index contributed by atoms with van der Waals surface area (Å²) in [6.07, 6.45) is -5.31. The number of hydrogen-bond donors (Lipinski definition) is 1. The number of carboxylic acid groups (broad SMARTS) is 1. The summed E-state index contributed by atoms with van der Waals surface area (Å²) in [6.45, 7) is 1.34. The molecule has 0 bridgehead atoms. The molecule has 7 nitrogen and oxygen atoms in total. The lowest BCUT2D eigenvalue weighted by Crippen LogP contribution is -2.48. The Morgan fingerprint density at radius 1 is 1.26 bits per heavy atom. The van der Waals surface area contributed by atoms with Crippen LogP contribution in [0.1, 0.15) is 13.8 Å². The molecule has 10 heteroatoms. The Hall–Kier alpha value is -2.65. The molecule has 0 aliphatic heterocycles. The summed E-state index contributed by atoms with van der Waals surface area (Å²) in [5.74, 6) is -3.82. The quantitative estimate of drug-likeness (QED) is 0.659. The standard InChI is InChI=1S/C13H13F3N2O5/c1-12(2,11(20)21)7-17(10(19)13(14,15)16)8-5-3-4-6-9(8)18(22)23/h3-6H,7H2,1-2H3,(H,20,21). The predicted molar refractivity (Wildman–Crippen MR) is 72.9 cm³/mol. The van der Waals surface area contributed by atoms with Gasteiger partial charge in [-0.25, -0.2) is 0 Å². The fourth-order valence-corrected chi connectivity index (χ4v) is 1.73. The minimum atomic E-state index is -5.31. The molecule has 0 aliphatic carbocycles. The summed E-state index contributed by atoms with van der Waals surface area (Å²) in [7, 11) is 0. The van der Waals surface area contributed by atoms with E-state index in [2.05, 4.69) is 0 Å². The molecular formula is C13H13F3N2O5. The van der Waals surface area contributed by atoms with Gasteiger partial charge in [0.05, 0.1) is 10.3 Å². The van der Waals surface area contributed by atoms with Crippen molar-refractivity contribution in [2.75, 3.05) is 11.4 Å². The number of halogens is 3. The minimum Gasteiger partial charge on any atom is -0.481 e. The highest BCUT2D eigenvalue weighted by Gasteiger charge is 2.46. The summed E-state index contributed by atoms with van der Waals surface area (Å²) in [5.41, 5.74) is -3.09. The molecule has 0 fully saturated rings. The molecule has 0 saturated heterocycles. The predicted octanol–water partition coefficient (Wildman–Crippen LogP) is 2.60. The number of anilines is 1. The van der Waals surface area contributed by atoms with Crippen LogP contribution in [-0.2, 0) is 9.59 Å². The first-order valence-electron chi connectivity index (χ1n) is 6.23. The van der Waals surface area contributed by atoms with Gasteiger partial charge in [0.15, 0.2) is 0 Å². The molecule has 0 saturated carbocycles. The van der Waals surface area contributed by atoms with Crippen LogP contribution in [0.15, 0.2) is 24.3 Å². The van der Waals surface area contributed by atoms with Crippen molar-refractivity contribution < 1.29 is 32.8 Å². The number of para-hydroxylation sites is 2. The Kier molecular flexibility index (Phi) is 4.98. The maximum Gasteiger partial charge on any atom is 0.471 e. The van der Waals surface area contributed by atoms with Gasteiger partial charge in [0, 0.05) is 12.6 Å². The molecule has 0 unspecified atom stereocenters. The lowest BCUT2D eigenvalue weighted by atomic mass is 9.92. The largest absolute Gasteiger partial charge is 0.481 e. The molecule has 126 valence electrons. The van der Waals surface area contributed by atoms with Crippen LogP contribution in [0.3, 0.4) is 0 Å². The summed E-state index contributed by atoms with van der Waals surface area (Å²) < 4.78 is 38.4. The van der Waals surface area contributed by atoms with Gasteiger partial charge in [-0.15, -0.1) is 0 Å². The van der Waals surface area contributed by atoms with Crippen LogP contribution >= 0.6 is 0 Å². The SMILES string of the molecule is CC(C)(CN(C(=O)C(F)(F)F)c1ccccc1[N+](=O)[O-])C(=O)O. The van der Waals surface area contributed by atoms with Gasteiger partial charge >= 0.3 is 18.1 Å². The topological polar surface area (TPSA) is 101 Å². The zero-order chi connectivity index (χ0) is 18.0. The van der Waals surface area contributed by atoms with Crippen LogP contribution < -0.4 is 4.90 Å². The molecule has 0 aliphatic rings. The Morgan fingerprint density at radius 2 is 1.78 bits per heavy atom. The number of carboxylic acids is 1. The van der Waals surface area contributed by atoms with Crippen molar-refractivity contribution >= 4 is 23.3 Å². The highest BCUT2D eigenvalue weighted by molar-refractivity contribution is 5.99. The third-order valence-electron chi connectivity index (χ3n) is 2.99. The van der Waals surface area contributed by atoms with E-state index < -0.39 is 46.3 Å². The molecule has 1 aromatic carbocycles. The van der Waals surface area contributed by atoms with E-state index in [-0.39, 0.29) is 4.90 Å². The van der Waals surface area contributed by atoms with Gasteiger partial charge in [0.1, 0.15) is 5.69 Å². The highest BCUT2D eigenvalue weighted by Crippen LogP contribution is 2.33. The third kappa shape index (κ3) is 4.18. The zero-order valence-electron chi connectivity index (χ0n) is 12.1. The third-order valence-corrected chi connectivity index (χ3v) is 2.99. The van der Waals surface area contributed by atoms with Crippen molar-refractivity contribution in [2.24, 2.45) is 5.41 Å². The smallest absolute Gasteiger partial charge is 0.471 e. The number of carbonyl (C=O) groups excluding carboxylic acids is 1. The van der Waals surface area contributed by atoms with Gasteiger partial charge in [-0.1, -0.05) is 12.1 Å². The van der Waals surface area contributed by atoms with E-state index >= 15 is 0 Å².